The van der Waals surface area contributed by atoms with E-state index in [0.29, 0.717) is 30.6 Å². The highest BCUT2D eigenvalue weighted by atomic mass is 16.1. The number of nitrogens with zero attached hydrogens (tertiary/aromatic N) is 4. The average molecular weight is 415 g/mol. The number of H-pyrrole nitrogens is 1. The van der Waals surface area contributed by atoms with Gasteiger partial charge in [0.15, 0.2) is 0 Å². The molecule has 1 aliphatic heterocycles. The zero-order valence-corrected chi connectivity index (χ0v) is 17.8. The Balaban J connectivity index is 1.43. The van der Waals surface area contributed by atoms with E-state index < -0.39 is 0 Å². The molecule has 2 aromatic heterocycles. The average Bonchev–Trinajstić information content (AvgIpc) is 3.12. The van der Waals surface area contributed by atoms with Crippen LogP contribution in [0.5, 0.6) is 0 Å². The summed E-state index contributed by atoms with van der Waals surface area (Å²) in [5, 5.41) is 0. The number of benzene rings is 2. The van der Waals surface area contributed by atoms with Crippen LogP contribution in [-0.4, -0.2) is 31.0 Å². The molecule has 0 amide bonds. The van der Waals surface area contributed by atoms with Crippen LogP contribution in [0.1, 0.15) is 37.0 Å². The Hall–Kier alpha value is -3.45. The molecule has 2 aromatic carbocycles. The van der Waals surface area contributed by atoms with Crippen molar-refractivity contribution in [1.82, 2.24) is 24.4 Å². The molecule has 0 unspecified atom stereocenters. The van der Waals surface area contributed by atoms with Crippen molar-refractivity contribution in [1.29, 1.82) is 0 Å². The molecule has 4 aromatic rings. The van der Waals surface area contributed by atoms with Crippen LogP contribution >= 0.6 is 0 Å². The molecule has 0 fully saturated rings. The van der Waals surface area contributed by atoms with Crippen LogP contribution in [0, 0.1) is 0 Å². The Morgan fingerprint density at radius 2 is 1.87 bits per heavy atom. The fraction of sp³-hybridized carbons (Fsp3) is 0.292. The Labute approximate surface area is 180 Å². The van der Waals surface area contributed by atoms with Gasteiger partial charge in [-0.15, -0.1) is 0 Å². The van der Waals surface area contributed by atoms with E-state index >= 15 is 0 Å². The molecule has 0 bridgehead atoms. The number of nitrogens with one attached hydrogen (secondary N) is 1. The molecule has 0 radical (unpaired) electrons. The third-order valence-electron chi connectivity index (χ3n) is 5.88. The topological polar surface area (TPSA) is 92.8 Å². The highest BCUT2D eigenvalue weighted by Gasteiger charge is 2.24. The Morgan fingerprint density at radius 3 is 2.65 bits per heavy atom. The van der Waals surface area contributed by atoms with Gasteiger partial charge in [-0.05, 0) is 50.2 Å². The molecule has 3 N–H and O–H groups in total. The second-order valence-corrected chi connectivity index (χ2v) is 8.40. The predicted molar refractivity (Wildman–Crippen MR) is 123 cm³/mol. The van der Waals surface area contributed by atoms with Crippen LogP contribution in [0.4, 0.5) is 5.69 Å². The minimum Gasteiger partial charge on any atom is -0.399 e. The molecule has 0 saturated carbocycles. The molecule has 0 atom stereocenters. The van der Waals surface area contributed by atoms with Crippen LogP contribution in [0.25, 0.3) is 22.4 Å². The fourth-order valence-electron chi connectivity index (χ4n) is 4.38. The number of imidazole rings is 1. The van der Waals surface area contributed by atoms with Gasteiger partial charge >= 0.3 is 0 Å². The minimum absolute atomic E-state index is 0.0705. The first-order valence-electron chi connectivity index (χ1n) is 10.7. The van der Waals surface area contributed by atoms with Gasteiger partial charge in [0.25, 0.3) is 5.56 Å². The highest BCUT2D eigenvalue weighted by molar-refractivity contribution is 5.76. The van der Waals surface area contributed by atoms with Crippen molar-refractivity contribution in [2.75, 3.05) is 12.3 Å². The molecule has 7 nitrogen and oxygen atoms in total. The number of rotatable bonds is 4. The first-order valence-corrected chi connectivity index (χ1v) is 10.7. The summed E-state index contributed by atoms with van der Waals surface area (Å²) in [5.74, 6) is 1.63. The SMILES string of the molecule is CC(C)n1c(CN2CCc3nc(-c4ccc(N)cc4)[nH]c(=O)c3C2)nc2ccccc21. The molecule has 158 valence electrons. The summed E-state index contributed by atoms with van der Waals surface area (Å²) in [5.41, 5.74) is 11.0. The maximum atomic E-state index is 12.9. The van der Waals surface area contributed by atoms with Gasteiger partial charge in [-0.1, -0.05) is 12.1 Å². The summed E-state index contributed by atoms with van der Waals surface area (Å²) < 4.78 is 2.29. The first-order chi connectivity index (χ1) is 15.0. The number of aromatic nitrogens is 4. The number of anilines is 1. The third kappa shape index (κ3) is 3.61. The second-order valence-electron chi connectivity index (χ2n) is 8.40. The normalized spacial score (nSPS) is 14.3. The third-order valence-corrected chi connectivity index (χ3v) is 5.88. The van der Waals surface area contributed by atoms with Crippen LogP contribution in [-0.2, 0) is 19.5 Å². The van der Waals surface area contributed by atoms with Crippen molar-refractivity contribution in [3.63, 3.8) is 0 Å². The number of nitrogen functional groups attached to an aromatic ring is 1. The van der Waals surface area contributed by atoms with Crippen LogP contribution in [0.15, 0.2) is 53.3 Å². The van der Waals surface area contributed by atoms with Gasteiger partial charge in [0, 0.05) is 36.8 Å². The maximum absolute atomic E-state index is 12.9. The van der Waals surface area contributed by atoms with Crippen molar-refractivity contribution in [3.8, 4) is 11.4 Å². The summed E-state index contributed by atoms with van der Waals surface area (Å²) in [6.07, 6.45) is 0.739. The zero-order chi connectivity index (χ0) is 21.5. The van der Waals surface area contributed by atoms with E-state index in [4.69, 9.17) is 15.7 Å². The molecule has 5 rings (SSSR count). The van der Waals surface area contributed by atoms with E-state index in [1.807, 2.05) is 36.4 Å². The Kier molecular flexibility index (Phi) is 4.82. The summed E-state index contributed by atoms with van der Waals surface area (Å²) in [7, 11) is 0. The van der Waals surface area contributed by atoms with Crippen molar-refractivity contribution in [2.45, 2.75) is 39.4 Å². The molecule has 0 aliphatic carbocycles. The lowest BCUT2D eigenvalue weighted by atomic mass is 10.1. The van der Waals surface area contributed by atoms with E-state index in [2.05, 4.69) is 40.4 Å². The van der Waals surface area contributed by atoms with Crippen molar-refractivity contribution in [2.24, 2.45) is 0 Å². The summed E-state index contributed by atoms with van der Waals surface area (Å²) in [6, 6.07) is 15.9. The van der Waals surface area contributed by atoms with E-state index in [9.17, 15) is 4.79 Å². The molecule has 0 spiro atoms. The fourth-order valence-corrected chi connectivity index (χ4v) is 4.38. The number of hydrogen-bond acceptors (Lipinski definition) is 5. The smallest absolute Gasteiger partial charge is 0.255 e. The molecule has 1 aliphatic rings. The summed E-state index contributed by atoms with van der Waals surface area (Å²) in [6.45, 7) is 6.46. The van der Waals surface area contributed by atoms with E-state index in [0.717, 1.165) is 46.6 Å². The van der Waals surface area contributed by atoms with Crippen LogP contribution in [0.2, 0.25) is 0 Å². The van der Waals surface area contributed by atoms with E-state index in [1.165, 1.54) is 0 Å². The van der Waals surface area contributed by atoms with Gasteiger partial charge in [-0.2, -0.15) is 0 Å². The van der Waals surface area contributed by atoms with E-state index in [1.54, 1.807) is 0 Å². The predicted octanol–water partition coefficient (Wildman–Crippen LogP) is 3.51. The second kappa shape index (κ2) is 7.67. The van der Waals surface area contributed by atoms with Crippen LogP contribution in [0.3, 0.4) is 0 Å². The monoisotopic (exact) mass is 414 g/mol. The van der Waals surface area contributed by atoms with Gasteiger partial charge in [-0.3, -0.25) is 9.69 Å². The number of hydrogen-bond donors (Lipinski definition) is 2. The van der Waals surface area contributed by atoms with Gasteiger partial charge in [0.1, 0.15) is 11.6 Å². The molecule has 31 heavy (non-hydrogen) atoms. The van der Waals surface area contributed by atoms with Gasteiger partial charge < -0.3 is 15.3 Å². The maximum Gasteiger partial charge on any atom is 0.255 e. The van der Waals surface area contributed by atoms with Crippen molar-refractivity contribution in [3.05, 3.63) is 76.0 Å². The highest BCUT2D eigenvalue weighted by Crippen LogP contribution is 2.24. The van der Waals surface area contributed by atoms with Crippen LogP contribution < -0.4 is 11.3 Å². The zero-order valence-electron chi connectivity index (χ0n) is 17.8. The van der Waals surface area contributed by atoms with Crippen molar-refractivity contribution >= 4 is 16.7 Å². The molecular formula is C24H26N6O. The number of aromatic amines is 1. The standard InChI is InChI=1S/C24H26N6O/c1-15(2)30-21-6-4-3-5-20(21)26-22(30)14-29-12-11-19-18(13-29)24(31)28-23(27-19)16-7-9-17(25)10-8-16/h3-10,15H,11-14,25H2,1-2H3,(H,27,28,31). The van der Waals surface area contributed by atoms with E-state index in [-0.39, 0.29) is 5.56 Å². The van der Waals surface area contributed by atoms with Gasteiger partial charge in [-0.25, -0.2) is 9.97 Å². The lowest BCUT2D eigenvalue weighted by Crippen LogP contribution is -2.36. The van der Waals surface area contributed by atoms with Gasteiger partial charge in [0.2, 0.25) is 0 Å². The summed E-state index contributed by atoms with van der Waals surface area (Å²) in [4.78, 5) is 27.7. The number of para-hydroxylation sites is 2. The lowest BCUT2D eigenvalue weighted by Gasteiger charge is -2.28. The van der Waals surface area contributed by atoms with Gasteiger partial charge in [0.05, 0.1) is 28.8 Å². The number of nitrogens with two attached hydrogens (primary N) is 1. The molecular weight excluding hydrogens is 388 g/mol. The summed E-state index contributed by atoms with van der Waals surface area (Å²) >= 11 is 0. The molecule has 0 saturated heterocycles. The Morgan fingerprint density at radius 1 is 1.10 bits per heavy atom. The minimum atomic E-state index is -0.0705. The first kappa shape index (κ1) is 19.5. The molecule has 3 heterocycles. The Bertz CT molecular complexity index is 1300. The largest absolute Gasteiger partial charge is 0.399 e. The van der Waals surface area contributed by atoms with Crippen molar-refractivity contribution < 1.29 is 0 Å². The molecule has 7 heteroatoms. The lowest BCUT2D eigenvalue weighted by molar-refractivity contribution is 0.232. The quantitative estimate of drug-likeness (QED) is 0.499. The number of fused-ring (bicyclic) bond motifs is 2.